The monoisotopic (exact) mass is 461 g/mol. The van der Waals surface area contributed by atoms with Crippen LogP contribution in [0.15, 0.2) is 72.2 Å². The number of carbonyl (C=O) groups is 2. The number of benzene rings is 2. The Bertz CT molecular complexity index is 1190. The van der Waals surface area contributed by atoms with Crippen molar-refractivity contribution in [2.24, 2.45) is 0 Å². The molecule has 0 spiro atoms. The zero-order valence-corrected chi connectivity index (χ0v) is 19.4. The lowest BCUT2D eigenvalue weighted by molar-refractivity contribution is -0.139. The summed E-state index contributed by atoms with van der Waals surface area (Å²) in [6, 6.07) is 16.2. The molecule has 4 rings (SSSR count). The fourth-order valence-corrected chi connectivity index (χ4v) is 3.98. The second kappa shape index (κ2) is 10.2. The highest BCUT2D eigenvalue weighted by molar-refractivity contribution is 5.96. The molecule has 1 atom stereocenters. The Hall–Kier alpha value is -4.14. The van der Waals surface area contributed by atoms with Gasteiger partial charge < -0.3 is 19.7 Å². The predicted octanol–water partition coefficient (Wildman–Crippen LogP) is 3.56. The Morgan fingerprint density at radius 2 is 1.76 bits per heavy atom. The number of hydrogen-bond donors (Lipinski definition) is 1. The molecular weight excluding hydrogens is 434 g/mol. The molecule has 0 fully saturated rings. The standard InChI is InChI=1S/C25H27N5O4/c1-4-33-20-13-11-19(12-14-20)28-21(31)15-29-17(3)22(24(32)34-5-2)23(18-9-7-6-8-10-18)30-25(29)26-16-27-30/h6-14,16,23H,4-5,15H2,1-3H3,(H,28,31). The first kappa shape index (κ1) is 23.0. The number of ether oxygens (including phenoxy) is 2. The summed E-state index contributed by atoms with van der Waals surface area (Å²) in [6.07, 6.45) is 1.42. The Morgan fingerprint density at radius 1 is 1.03 bits per heavy atom. The summed E-state index contributed by atoms with van der Waals surface area (Å²) in [4.78, 5) is 32.1. The van der Waals surface area contributed by atoms with E-state index in [9.17, 15) is 9.59 Å². The number of esters is 1. The van der Waals surface area contributed by atoms with Gasteiger partial charge in [-0.1, -0.05) is 30.3 Å². The molecule has 0 bridgehead atoms. The van der Waals surface area contributed by atoms with Crippen molar-refractivity contribution in [1.82, 2.24) is 14.8 Å². The summed E-state index contributed by atoms with van der Waals surface area (Å²) in [5, 5.41) is 7.27. The van der Waals surface area contributed by atoms with Gasteiger partial charge in [0.1, 0.15) is 24.7 Å². The summed E-state index contributed by atoms with van der Waals surface area (Å²) in [5.74, 6) is 0.488. The van der Waals surface area contributed by atoms with Crippen molar-refractivity contribution in [3.05, 3.63) is 77.8 Å². The van der Waals surface area contributed by atoms with Crippen molar-refractivity contribution >= 4 is 23.5 Å². The molecule has 9 nitrogen and oxygen atoms in total. The lowest BCUT2D eigenvalue weighted by Crippen LogP contribution is -2.40. The van der Waals surface area contributed by atoms with Crippen LogP contribution in [0, 0.1) is 0 Å². The molecule has 1 aliphatic rings. The normalized spacial score (nSPS) is 15.0. The molecule has 1 aromatic heterocycles. The van der Waals surface area contributed by atoms with E-state index in [1.54, 1.807) is 47.7 Å². The summed E-state index contributed by atoms with van der Waals surface area (Å²) in [6.45, 7) is 6.22. The molecule has 2 aromatic carbocycles. The SMILES string of the molecule is CCOC(=O)C1=C(C)N(CC(=O)Nc2ccc(OCC)cc2)c2ncnn2C1c1ccccc1. The van der Waals surface area contributed by atoms with Crippen LogP contribution >= 0.6 is 0 Å². The maximum Gasteiger partial charge on any atom is 0.338 e. The second-order valence-electron chi connectivity index (χ2n) is 7.63. The topological polar surface area (TPSA) is 98.6 Å². The molecule has 0 saturated heterocycles. The summed E-state index contributed by atoms with van der Waals surface area (Å²) < 4.78 is 12.5. The minimum absolute atomic E-state index is 0.0534. The number of amides is 1. The molecule has 1 N–H and O–H groups in total. The van der Waals surface area contributed by atoms with E-state index in [-0.39, 0.29) is 19.1 Å². The van der Waals surface area contributed by atoms with Crippen LogP contribution in [-0.4, -0.2) is 46.4 Å². The van der Waals surface area contributed by atoms with E-state index in [0.29, 0.717) is 29.5 Å². The van der Waals surface area contributed by atoms with E-state index in [1.165, 1.54) is 6.33 Å². The first-order chi connectivity index (χ1) is 16.5. The van der Waals surface area contributed by atoms with Gasteiger partial charge >= 0.3 is 5.97 Å². The number of allylic oxidation sites excluding steroid dienone is 1. The van der Waals surface area contributed by atoms with Crippen molar-refractivity contribution in [2.45, 2.75) is 26.8 Å². The van der Waals surface area contributed by atoms with Crippen LogP contribution in [0.5, 0.6) is 5.75 Å². The minimum Gasteiger partial charge on any atom is -0.494 e. The molecular formula is C25H27N5O4. The largest absolute Gasteiger partial charge is 0.494 e. The van der Waals surface area contributed by atoms with Crippen molar-refractivity contribution in [3.8, 4) is 5.75 Å². The maximum absolute atomic E-state index is 13.1. The van der Waals surface area contributed by atoms with Crippen LogP contribution < -0.4 is 15.0 Å². The molecule has 3 aromatic rings. The molecule has 1 amide bonds. The fourth-order valence-electron chi connectivity index (χ4n) is 3.98. The molecule has 176 valence electrons. The van der Waals surface area contributed by atoms with Gasteiger partial charge in [-0.15, -0.1) is 0 Å². The average Bonchev–Trinajstić information content (AvgIpc) is 3.32. The third-order valence-corrected chi connectivity index (χ3v) is 5.47. The Kier molecular flexibility index (Phi) is 6.91. The third-order valence-electron chi connectivity index (χ3n) is 5.47. The van der Waals surface area contributed by atoms with Crippen molar-refractivity contribution in [3.63, 3.8) is 0 Å². The summed E-state index contributed by atoms with van der Waals surface area (Å²) >= 11 is 0. The number of nitrogens with zero attached hydrogens (tertiary/aromatic N) is 4. The summed E-state index contributed by atoms with van der Waals surface area (Å²) in [7, 11) is 0. The van der Waals surface area contributed by atoms with Gasteiger partial charge in [0.2, 0.25) is 11.9 Å². The quantitative estimate of drug-likeness (QED) is 0.512. The highest BCUT2D eigenvalue weighted by Gasteiger charge is 2.38. The van der Waals surface area contributed by atoms with Gasteiger partial charge in [0.25, 0.3) is 0 Å². The van der Waals surface area contributed by atoms with Crippen LogP contribution in [0.25, 0.3) is 0 Å². The molecule has 2 heterocycles. The number of nitrogens with one attached hydrogen (secondary N) is 1. The highest BCUT2D eigenvalue weighted by atomic mass is 16.5. The first-order valence-electron chi connectivity index (χ1n) is 11.2. The highest BCUT2D eigenvalue weighted by Crippen LogP contribution is 2.38. The van der Waals surface area contributed by atoms with E-state index in [1.807, 2.05) is 37.3 Å². The van der Waals surface area contributed by atoms with Crippen LogP contribution in [-0.2, 0) is 14.3 Å². The number of aromatic nitrogens is 3. The van der Waals surface area contributed by atoms with Crippen molar-refractivity contribution in [1.29, 1.82) is 0 Å². The van der Waals surface area contributed by atoms with Gasteiger partial charge in [-0.3, -0.25) is 4.79 Å². The molecule has 34 heavy (non-hydrogen) atoms. The molecule has 0 aliphatic carbocycles. The number of rotatable bonds is 8. The van der Waals surface area contributed by atoms with Crippen LogP contribution in [0.4, 0.5) is 11.6 Å². The zero-order chi connectivity index (χ0) is 24.1. The van der Waals surface area contributed by atoms with Gasteiger partial charge in [0, 0.05) is 11.4 Å². The molecule has 1 aliphatic heterocycles. The van der Waals surface area contributed by atoms with Crippen molar-refractivity contribution in [2.75, 3.05) is 30.0 Å². The van der Waals surface area contributed by atoms with Crippen LogP contribution in [0.1, 0.15) is 32.4 Å². The summed E-state index contributed by atoms with van der Waals surface area (Å²) in [5.41, 5.74) is 2.52. The van der Waals surface area contributed by atoms with E-state index in [2.05, 4.69) is 15.4 Å². The van der Waals surface area contributed by atoms with Crippen LogP contribution in [0.2, 0.25) is 0 Å². The number of hydrogen-bond acceptors (Lipinski definition) is 7. The van der Waals surface area contributed by atoms with Gasteiger partial charge in [-0.05, 0) is 50.6 Å². The van der Waals surface area contributed by atoms with E-state index < -0.39 is 12.0 Å². The Labute approximate surface area is 198 Å². The fraction of sp³-hybridized carbons (Fsp3) is 0.280. The minimum atomic E-state index is -0.511. The predicted molar refractivity (Wildman–Crippen MR) is 128 cm³/mol. The van der Waals surface area contributed by atoms with Gasteiger partial charge in [0.15, 0.2) is 0 Å². The number of fused-ring (bicyclic) bond motifs is 1. The first-order valence-corrected chi connectivity index (χ1v) is 11.2. The zero-order valence-electron chi connectivity index (χ0n) is 19.4. The maximum atomic E-state index is 13.1. The van der Waals surface area contributed by atoms with Gasteiger partial charge in [-0.2, -0.15) is 10.1 Å². The van der Waals surface area contributed by atoms with E-state index in [4.69, 9.17) is 9.47 Å². The van der Waals surface area contributed by atoms with E-state index in [0.717, 1.165) is 11.3 Å². The molecule has 1 unspecified atom stereocenters. The molecule has 9 heteroatoms. The van der Waals surface area contributed by atoms with E-state index >= 15 is 0 Å². The molecule has 0 saturated carbocycles. The third kappa shape index (κ3) is 4.63. The number of anilines is 2. The smallest absolute Gasteiger partial charge is 0.338 e. The van der Waals surface area contributed by atoms with Crippen molar-refractivity contribution < 1.29 is 19.1 Å². The molecule has 0 radical (unpaired) electrons. The van der Waals surface area contributed by atoms with Gasteiger partial charge in [0.05, 0.1) is 18.8 Å². The van der Waals surface area contributed by atoms with Gasteiger partial charge in [-0.25, -0.2) is 9.48 Å². The number of carbonyl (C=O) groups excluding carboxylic acids is 2. The lowest BCUT2D eigenvalue weighted by atomic mass is 9.95. The Morgan fingerprint density at radius 3 is 2.44 bits per heavy atom. The second-order valence-corrected chi connectivity index (χ2v) is 7.63. The lowest BCUT2D eigenvalue weighted by Gasteiger charge is -2.35. The Balaban J connectivity index is 1.65. The average molecular weight is 462 g/mol. The van der Waals surface area contributed by atoms with Crippen LogP contribution in [0.3, 0.4) is 0 Å².